The Kier molecular flexibility index (Phi) is 3.17. The maximum absolute atomic E-state index is 4.63. The third-order valence-corrected chi connectivity index (χ3v) is 3.62. The van der Waals surface area contributed by atoms with E-state index in [0.717, 1.165) is 36.8 Å². The summed E-state index contributed by atoms with van der Waals surface area (Å²) in [6.45, 7) is 4.54. The molecule has 3 rings (SSSR count). The van der Waals surface area contributed by atoms with E-state index >= 15 is 0 Å². The van der Waals surface area contributed by atoms with Gasteiger partial charge in [-0.25, -0.2) is 0 Å². The first kappa shape index (κ1) is 13.1. The predicted molar refractivity (Wildman–Crippen MR) is 77.3 cm³/mol. The van der Waals surface area contributed by atoms with Crippen molar-refractivity contribution in [2.75, 3.05) is 19.0 Å². The van der Waals surface area contributed by atoms with E-state index in [2.05, 4.69) is 39.2 Å². The zero-order valence-corrected chi connectivity index (χ0v) is 12.5. The van der Waals surface area contributed by atoms with Crippen molar-refractivity contribution in [2.45, 2.75) is 26.6 Å². The van der Waals surface area contributed by atoms with E-state index in [1.165, 1.54) is 11.3 Å². The van der Waals surface area contributed by atoms with Gasteiger partial charge in [0.05, 0.1) is 23.6 Å². The lowest BCUT2D eigenvalue weighted by Crippen LogP contribution is -2.19. The second-order valence-electron chi connectivity index (χ2n) is 5.62. The van der Waals surface area contributed by atoms with Crippen LogP contribution in [0.25, 0.3) is 0 Å². The lowest BCUT2D eigenvalue weighted by Gasteiger charge is -2.17. The third kappa shape index (κ3) is 2.27. The van der Waals surface area contributed by atoms with E-state index in [9.17, 15) is 0 Å². The fraction of sp³-hybridized carbons (Fsp3) is 0.500. The van der Waals surface area contributed by atoms with Gasteiger partial charge in [0.15, 0.2) is 5.82 Å². The average molecular weight is 272 g/mol. The molecule has 2 aromatic rings. The zero-order valence-electron chi connectivity index (χ0n) is 12.5. The number of nitrogens with zero attached hydrogens (tertiary/aromatic N) is 6. The first-order valence-corrected chi connectivity index (χ1v) is 6.78. The van der Waals surface area contributed by atoms with Crippen molar-refractivity contribution >= 4 is 5.82 Å². The third-order valence-electron chi connectivity index (χ3n) is 3.62. The molecule has 20 heavy (non-hydrogen) atoms. The molecule has 1 aliphatic heterocycles. The van der Waals surface area contributed by atoms with Crippen LogP contribution in [0.15, 0.2) is 12.1 Å². The summed E-state index contributed by atoms with van der Waals surface area (Å²) in [5, 5.41) is 13.0. The SMILES string of the molecule is Cc1ccc(N2Cc3c(CN(C)C)nn(C)c3C2)nn1. The zero-order chi connectivity index (χ0) is 14.3. The van der Waals surface area contributed by atoms with Gasteiger partial charge in [0.25, 0.3) is 0 Å². The maximum atomic E-state index is 4.63. The second-order valence-corrected chi connectivity index (χ2v) is 5.62. The fourth-order valence-corrected chi connectivity index (χ4v) is 2.62. The van der Waals surface area contributed by atoms with E-state index in [1.807, 2.05) is 30.8 Å². The molecular weight excluding hydrogens is 252 g/mol. The standard InChI is InChI=1S/C14H20N6/c1-10-5-6-14(16-15-10)20-7-11-12(8-18(2)3)17-19(4)13(11)9-20/h5-6H,7-9H2,1-4H3. The van der Waals surface area contributed by atoms with Crippen LogP contribution in [0.3, 0.4) is 0 Å². The molecule has 0 fully saturated rings. The highest BCUT2D eigenvalue weighted by Crippen LogP contribution is 2.29. The molecule has 2 aromatic heterocycles. The van der Waals surface area contributed by atoms with E-state index in [0.29, 0.717) is 0 Å². The largest absolute Gasteiger partial charge is 0.345 e. The van der Waals surface area contributed by atoms with Crippen LogP contribution in [0.2, 0.25) is 0 Å². The number of anilines is 1. The molecule has 0 unspecified atom stereocenters. The molecule has 6 heteroatoms. The van der Waals surface area contributed by atoms with Crippen molar-refractivity contribution in [1.29, 1.82) is 0 Å². The number of aromatic nitrogens is 4. The minimum atomic E-state index is 0.851. The lowest BCUT2D eigenvalue weighted by atomic mass is 10.2. The van der Waals surface area contributed by atoms with Gasteiger partial charge in [-0.3, -0.25) is 4.68 Å². The summed E-state index contributed by atoms with van der Waals surface area (Å²) in [4.78, 5) is 4.40. The predicted octanol–water partition coefficient (Wildman–Crippen LogP) is 1.10. The van der Waals surface area contributed by atoms with Gasteiger partial charge < -0.3 is 9.80 Å². The number of aryl methyl sites for hydroxylation is 2. The molecule has 0 bridgehead atoms. The van der Waals surface area contributed by atoms with Gasteiger partial charge >= 0.3 is 0 Å². The molecule has 0 saturated heterocycles. The molecule has 0 radical (unpaired) electrons. The van der Waals surface area contributed by atoms with Crippen molar-refractivity contribution in [3.8, 4) is 0 Å². The number of rotatable bonds is 3. The van der Waals surface area contributed by atoms with Gasteiger partial charge in [-0.2, -0.15) is 10.2 Å². The Morgan fingerprint density at radius 2 is 2.00 bits per heavy atom. The molecule has 0 amide bonds. The highest BCUT2D eigenvalue weighted by molar-refractivity contribution is 5.46. The summed E-state index contributed by atoms with van der Waals surface area (Å²) in [6.07, 6.45) is 0. The molecule has 0 spiro atoms. The molecule has 3 heterocycles. The summed E-state index contributed by atoms with van der Waals surface area (Å²) in [5.74, 6) is 0.933. The second kappa shape index (κ2) is 4.86. The van der Waals surface area contributed by atoms with Gasteiger partial charge in [-0.05, 0) is 33.2 Å². The van der Waals surface area contributed by atoms with Gasteiger partial charge in [-0.15, -0.1) is 5.10 Å². The van der Waals surface area contributed by atoms with Crippen LogP contribution in [0.5, 0.6) is 0 Å². The molecule has 0 atom stereocenters. The normalized spacial score (nSPS) is 14.2. The Labute approximate surface area is 119 Å². The van der Waals surface area contributed by atoms with Crippen LogP contribution in [-0.2, 0) is 26.7 Å². The minimum absolute atomic E-state index is 0.851. The van der Waals surface area contributed by atoms with Gasteiger partial charge in [0.1, 0.15) is 0 Å². The van der Waals surface area contributed by atoms with Crippen LogP contribution in [0, 0.1) is 6.92 Å². The molecule has 1 aliphatic rings. The highest BCUT2D eigenvalue weighted by atomic mass is 15.3. The monoisotopic (exact) mass is 272 g/mol. The topological polar surface area (TPSA) is 50.1 Å². The minimum Gasteiger partial charge on any atom is -0.345 e. The molecule has 0 aliphatic carbocycles. The molecule has 6 nitrogen and oxygen atoms in total. The van der Waals surface area contributed by atoms with E-state index in [4.69, 9.17) is 0 Å². The Bertz CT molecular complexity index is 613. The van der Waals surface area contributed by atoms with Crippen LogP contribution in [0.1, 0.15) is 22.6 Å². The van der Waals surface area contributed by atoms with Gasteiger partial charge in [-0.1, -0.05) is 0 Å². The van der Waals surface area contributed by atoms with Crippen molar-refractivity contribution in [3.63, 3.8) is 0 Å². The Hall–Kier alpha value is -1.95. The Balaban J connectivity index is 1.86. The summed E-state index contributed by atoms with van der Waals surface area (Å²) in [7, 11) is 6.15. The van der Waals surface area contributed by atoms with Gasteiger partial charge in [0.2, 0.25) is 0 Å². The summed E-state index contributed by atoms with van der Waals surface area (Å²) in [6, 6.07) is 4.04. The Morgan fingerprint density at radius 1 is 1.20 bits per heavy atom. The van der Waals surface area contributed by atoms with Crippen LogP contribution >= 0.6 is 0 Å². The first-order chi connectivity index (χ1) is 9.54. The first-order valence-electron chi connectivity index (χ1n) is 6.78. The molecule has 106 valence electrons. The molecule has 0 aromatic carbocycles. The number of hydrogen-bond acceptors (Lipinski definition) is 5. The van der Waals surface area contributed by atoms with E-state index in [-0.39, 0.29) is 0 Å². The summed E-state index contributed by atoms with van der Waals surface area (Å²) < 4.78 is 2.00. The van der Waals surface area contributed by atoms with E-state index < -0.39 is 0 Å². The summed E-state index contributed by atoms with van der Waals surface area (Å²) in [5.41, 5.74) is 4.73. The fourth-order valence-electron chi connectivity index (χ4n) is 2.62. The quantitative estimate of drug-likeness (QED) is 0.837. The smallest absolute Gasteiger partial charge is 0.151 e. The van der Waals surface area contributed by atoms with Crippen molar-refractivity contribution < 1.29 is 0 Å². The van der Waals surface area contributed by atoms with Crippen LogP contribution in [0.4, 0.5) is 5.82 Å². The van der Waals surface area contributed by atoms with Crippen LogP contribution in [-0.4, -0.2) is 39.0 Å². The van der Waals surface area contributed by atoms with Gasteiger partial charge in [0, 0.05) is 25.7 Å². The average Bonchev–Trinajstić information content (AvgIpc) is 2.93. The molecular formula is C14H20N6. The molecule has 0 saturated carbocycles. The number of hydrogen-bond donors (Lipinski definition) is 0. The van der Waals surface area contributed by atoms with Crippen LogP contribution < -0.4 is 4.90 Å². The Morgan fingerprint density at radius 3 is 2.65 bits per heavy atom. The maximum Gasteiger partial charge on any atom is 0.151 e. The van der Waals surface area contributed by atoms with E-state index in [1.54, 1.807) is 0 Å². The molecule has 0 N–H and O–H groups in total. The van der Waals surface area contributed by atoms with Crippen molar-refractivity contribution in [1.82, 2.24) is 24.9 Å². The van der Waals surface area contributed by atoms with Crippen molar-refractivity contribution in [3.05, 3.63) is 34.8 Å². The lowest BCUT2D eigenvalue weighted by molar-refractivity contribution is 0.393. The summed E-state index contributed by atoms with van der Waals surface area (Å²) >= 11 is 0. The highest BCUT2D eigenvalue weighted by Gasteiger charge is 2.27. The number of fused-ring (bicyclic) bond motifs is 1. The van der Waals surface area contributed by atoms with Crippen molar-refractivity contribution in [2.24, 2.45) is 7.05 Å².